The highest BCUT2D eigenvalue weighted by Crippen LogP contribution is 2.38. The van der Waals surface area contributed by atoms with E-state index in [0.717, 1.165) is 101 Å². The maximum atomic E-state index is 9.97. The van der Waals surface area contributed by atoms with Crippen molar-refractivity contribution < 1.29 is 4.42 Å². The quantitative estimate of drug-likeness (QED) is 0.178. The second-order valence-electron chi connectivity index (χ2n) is 13.2. The number of aromatic nitrogens is 3. The smallest absolute Gasteiger partial charge is 0.227 e. The molecule has 8 nitrogen and oxygen atoms in total. The van der Waals surface area contributed by atoms with E-state index in [1.807, 2.05) is 36.7 Å². The molecule has 0 unspecified atom stereocenters. The van der Waals surface area contributed by atoms with Crippen LogP contribution in [0, 0.1) is 25.2 Å². The zero-order valence-corrected chi connectivity index (χ0v) is 27.6. The minimum Gasteiger partial charge on any atom is -0.435 e. The minimum absolute atomic E-state index is 0.529. The van der Waals surface area contributed by atoms with Crippen LogP contribution in [0.15, 0.2) is 77.5 Å². The van der Waals surface area contributed by atoms with Crippen LogP contribution in [0.25, 0.3) is 44.6 Å². The van der Waals surface area contributed by atoms with E-state index in [-0.39, 0.29) is 0 Å². The number of fused-ring (bicyclic) bond motifs is 2. The maximum absolute atomic E-state index is 9.97. The summed E-state index contributed by atoms with van der Waals surface area (Å²) in [6.07, 6.45) is 8.86. The van der Waals surface area contributed by atoms with Crippen LogP contribution >= 0.6 is 0 Å². The number of nitrogens with one attached hydrogen (secondary N) is 1. The second-order valence-corrected chi connectivity index (χ2v) is 13.2. The Balaban J connectivity index is 1.10. The maximum Gasteiger partial charge on any atom is 0.227 e. The second kappa shape index (κ2) is 12.8. The summed E-state index contributed by atoms with van der Waals surface area (Å²) in [6, 6.07) is 23.2. The monoisotopic (exact) mass is 633 g/mol. The molecule has 8 heteroatoms. The van der Waals surface area contributed by atoms with Gasteiger partial charge in [0.25, 0.3) is 0 Å². The molecule has 5 heterocycles. The van der Waals surface area contributed by atoms with E-state index in [2.05, 4.69) is 76.4 Å². The van der Waals surface area contributed by atoms with Gasteiger partial charge in [0.2, 0.25) is 5.89 Å². The first kappa shape index (κ1) is 30.2. The Labute approximate surface area is 281 Å². The first-order chi connectivity index (χ1) is 23.5. The lowest BCUT2D eigenvalue weighted by molar-refractivity contribution is 0.331. The summed E-state index contributed by atoms with van der Waals surface area (Å²) in [4.78, 5) is 19.4. The molecule has 240 valence electrons. The van der Waals surface area contributed by atoms with Gasteiger partial charge in [-0.05, 0) is 135 Å². The Morgan fingerprint density at radius 3 is 2.23 bits per heavy atom. The van der Waals surface area contributed by atoms with Crippen LogP contribution < -0.4 is 5.32 Å². The van der Waals surface area contributed by atoms with Gasteiger partial charge in [-0.1, -0.05) is 24.3 Å². The zero-order chi connectivity index (χ0) is 32.6. The molecule has 1 N–H and O–H groups in total. The molecule has 2 aliphatic heterocycles. The van der Waals surface area contributed by atoms with Gasteiger partial charge in [0.05, 0.1) is 5.56 Å². The van der Waals surface area contributed by atoms with Crippen molar-refractivity contribution in [3.05, 3.63) is 101 Å². The number of oxazole rings is 1. The van der Waals surface area contributed by atoms with E-state index in [1.165, 1.54) is 31.2 Å². The van der Waals surface area contributed by atoms with Crippen LogP contribution in [0.2, 0.25) is 0 Å². The highest BCUT2D eigenvalue weighted by atomic mass is 16.3. The Morgan fingerprint density at radius 2 is 1.48 bits per heavy atom. The molecule has 0 bridgehead atoms. The molecule has 8 rings (SSSR count). The number of hydrogen-bond acceptors (Lipinski definition) is 8. The molecule has 2 fully saturated rings. The van der Waals surface area contributed by atoms with Crippen molar-refractivity contribution in [1.29, 1.82) is 5.26 Å². The van der Waals surface area contributed by atoms with Crippen molar-refractivity contribution in [3.8, 4) is 28.7 Å². The van der Waals surface area contributed by atoms with E-state index < -0.39 is 0 Å². The predicted molar refractivity (Wildman–Crippen MR) is 191 cm³/mol. The van der Waals surface area contributed by atoms with Crippen LogP contribution in [0.5, 0.6) is 0 Å². The van der Waals surface area contributed by atoms with Crippen LogP contribution in [-0.4, -0.2) is 50.9 Å². The van der Waals surface area contributed by atoms with Crippen LogP contribution in [0.3, 0.4) is 0 Å². The first-order valence-electron chi connectivity index (χ1n) is 17.0. The third-order valence-corrected chi connectivity index (χ3v) is 9.98. The summed E-state index contributed by atoms with van der Waals surface area (Å²) < 4.78 is 6.31. The largest absolute Gasteiger partial charge is 0.435 e. The van der Waals surface area contributed by atoms with E-state index >= 15 is 0 Å². The zero-order valence-electron chi connectivity index (χ0n) is 27.6. The van der Waals surface area contributed by atoms with Gasteiger partial charge in [-0.2, -0.15) is 5.26 Å². The molecule has 0 radical (unpaired) electrons. The topological polar surface area (TPSA) is 94.1 Å². The van der Waals surface area contributed by atoms with Gasteiger partial charge in [-0.25, -0.2) is 9.97 Å². The Bertz CT molecular complexity index is 2180. The van der Waals surface area contributed by atoms with Crippen molar-refractivity contribution in [1.82, 2.24) is 24.8 Å². The van der Waals surface area contributed by atoms with Crippen molar-refractivity contribution in [2.24, 2.45) is 0 Å². The molecule has 6 aromatic rings. The average Bonchev–Trinajstić information content (AvgIpc) is 3.89. The van der Waals surface area contributed by atoms with Crippen molar-refractivity contribution in [2.75, 3.05) is 31.5 Å². The molecule has 48 heavy (non-hydrogen) atoms. The molecular formula is C40H39N7O. The Hall–Kier alpha value is -5.10. The number of benzene rings is 3. The summed E-state index contributed by atoms with van der Waals surface area (Å²) in [5, 5.41) is 14.6. The van der Waals surface area contributed by atoms with E-state index in [4.69, 9.17) is 14.4 Å². The van der Waals surface area contributed by atoms with Gasteiger partial charge in [0.15, 0.2) is 11.4 Å². The van der Waals surface area contributed by atoms with Crippen molar-refractivity contribution in [3.63, 3.8) is 0 Å². The highest BCUT2D eigenvalue weighted by molar-refractivity contribution is 5.91. The van der Waals surface area contributed by atoms with Crippen LogP contribution in [-0.2, 0) is 13.1 Å². The summed E-state index contributed by atoms with van der Waals surface area (Å²) in [6.45, 7) is 10.5. The summed E-state index contributed by atoms with van der Waals surface area (Å²) in [5.74, 6) is 1.27. The number of anilines is 2. The fraction of sp³-hybridized carbons (Fsp3) is 0.300. The predicted octanol–water partition coefficient (Wildman–Crippen LogP) is 8.53. The molecule has 0 aliphatic carbocycles. The minimum atomic E-state index is 0.529. The van der Waals surface area contributed by atoms with Crippen LogP contribution in [0.4, 0.5) is 11.5 Å². The Kier molecular flexibility index (Phi) is 8.09. The molecule has 3 aromatic heterocycles. The van der Waals surface area contributed by atoms with Gasteiger partial charge in [-0.15, -0.1) is 0 Å². The van der Waals surface area contributed by atoms with Gasteiger partial charge >= 0.3 is 0 Å². The molecule has 0 atom stereocenters. The molecule has 2 saturated heterocycles. The lowest BCUT2D eigenvalue weighted by Crippen LogP contribution is -2.18. The standard InChI is InChI=1S/C40H39N7O/c1-26-32(9-7-11-34(26)40-45-36-21-28(24-46-15-3-4-16-46)19-31(22-41)38(36)48-40)33-10-8-12-35(27(33)2)44-39-37-30(13-14-42-39)20-29(23-43-37)25-47-17-5-6-18-47/h7-14,19-21,23H,3-6,15-18,24-25H2,1-2H3,(H,42,44). The number of nitrogens with zero attached hydrogens (tertiary/aromatic N) is 6. The molecule has 3 aromatic carbocycles. The Morgan fingerprint density at radius 1 is 0.792 bits per heavy atom. The van der Waals surface area contributed by atoms with E-state index in [1.54, 1.807) is 0 Å². The lowest BCUT2D eigenvalue weighted by atomic mass is 9.93. The third kappa shape index (κ3) is 5.81. The first-order valence-corrected chi connectivity index (χ1v) is 17.0. The summed E-state index contributed by atoms with van der Waals surface area (Å²) in [5.41, 5.74) is 11.3. The summed E-state index contributed by atoms with van der Waals surface area (Å²) >= 11 is 0. The normalized spacial score (nSPS) is 15.4. The van der Waals surface area contributed by atoms with Gasteiger partial charge in [0.1, 0.15) is 17.1 Å². The SMILES string of the molecule is Cc1c(Nc2nccc3cc(CN4CCCC4)cnc23)cccc1-c1cccc(-c2nc3cc(CN4CCCC4)cc(C#N)c3o2)c1C. The highest BCUT2D eigenvalue weighted by Gasteiger charge is 2.20. The molecule has 0 amide bonds. The molecular weight excluding hydrogens is 594 g/mol. The fourth-order valence-electron chi connectivity index (χ4n) is 7.41. The molecule has 0 spiro atoms. The van der Waals surface area contributed by atoms with Crippen LogP contribution in [0.1, 0.15) is 53.5 Å². The van der Waals surface area contributed by atoms with Gasteiger partial charge < -0.3 is 9.73 Å². The fourth-order valence-corrected chi connectivity index (χ4v) is 7.41. The van der Waals surface area contributed by atoms with E-state index in [0.29, 0.717) is 17.0 Å². The van der Waals surface area contributed by atoms with E-state index in [9.17, 15) is 5.26 Å². The average molecular weight is 634 g/mol. The van der Waals surface area contributed by atoms with Crippen molar-refractivity contribution >= 4 is 33.5 Å². The number of nitriles is 1. The van der Waals surface area contributed by atoms with Crippen molar-refractivity contribution in [2.45, 2.75) is 52.6 Å². The number of pyridine rings is 2. The summed E-state index contributed by atoms with van der Waals surface area (Å²) in [7, 11) is 0. The third-order valence-electron chi connectivity index (χ3n) is 9.98. The lowest BCUT2D eigenvalue weighted by Gasteiger charge is -2.17. The van der Waals surface area contributed by atoms with Gasteiger partial charge in [0, 0.05) is 42.1 Å². The number of hydrogen-bond donors (Lipinski definition) is 1. The molecule has 0 saturated carbocycles. The number of likely N-dealkylation sites (tertiary alicyclic amines) is 2. The number of rotatable bonds is 8. The molecule has 2 aliphatic rings. The van der Waals surface area contributed by atoms with Gasteiger partial charge in [-0.3, -0.25) is 14.8 Å².